The minimum Gasteiger partial charge on any atom is -0.367 e. The summed E-state index contributed by atoms with van der Waals surface area (Å²) in [5, 5.41) is 8.40. The predicted molar refractivity (Wildman–Crippen MR) is 81.8 cm³/mol. The van der Waals surface area contributed by atoms with E-state index in [9.17, 15) is 0 Å². The standard InChI is InChI=1S/C14H19ClN6/c1-9-12(15)19-14-16-8-17-21(14)13(9)18-10-4-6-20-5-2-3-11(20)7-10/h8,10-11,18H,2-7H2,1H3. The molecule has 0 spiro atoms. The molecule has 0 amide bonds. The van der Waals surface area contributed by atoms with Crippen LogP contribution in [0.15, 0.2) is 6.33 Å². The summed E-state index contributed by atoms with van der Waals surface area (Å²) in [5.41, 5.74) is 0.934. The van der Waals surface area contributed by atoms with Gasteiger partial charge in [-0.3, -0.25) is 0 Å². The van der Waals surface area contributed by atoms with Crippen molar-refractivity contribution in [1.82, 2.24) is 24.5 Å². The fourth-order valence-electron chi connectivity index (χ4n) is 3.62. The maximum absolute atomic E-state index is 6.22. The maximum atomic E-state index is 6.22. The van der Waals surface area contributed by atoms with Crippen molar-refractivity contribution in [2.45, 2.75) is 44.7 Å². The van der Waals surface area contributed by atoms with Gasteiger partial charge >= 0.3 is 0 Å². The fraction of sp³-hybridized carbons (Fsp3) is 0.643. The van der Waals surface area contributed by atoms with Gasteiger partial charge < -0.3 is 10.2 Å². The average Bonchev–Trinajstić information content (AvgIpc) is 3.11. The molecule has 2 atom stereocenters. The van der Waals surface area contributed by atoms with E-state index in [2.05, 4.69) is 25.3 Å². The quantitative estimate of drug-likeness (QED) is 0.861. The molecular formula is C14H19ClN6. The van der Waals surface area contributed by atoms with Crippen molar-refractivity contribution in [2.75, 3.05) is 18.4 Å². The van der Waals surface area contributed by atoms with Crippen molar-refractivity contribution in [3.05, 3.63) is 17.0 Å². The van der Waals surface area contributed by atoms with Crippen LogP contribution in [0.5, 0.6) is 0 Å². The van der Waals surface area contributed by atoms with E-state index < -0.39 is 0 Å². The van der Waals surface area contributed by atoms with Gasteiger partial charge in [-0.05, 0) is 39.2 Å². The third-order valence-electron chi connectivity index (χ3n) is 4.77. The van der Waals surface area contributed by atoms with Gasteiger partial charge in [0.15, 0.2) is 0 Å². The summed E-state index contributed by atoms with van der Waals surface area (Å²) in [6, 6.07) is 1.20. The van der Waals surface area contributed by atoms with Gasteiger partial charge in [-0.25, -0.2) is 0 Å². The van der Waals surface area contributed by atoms with Gasteiger partial charge in [0, 0.05) is 24.2 Å². The second kappa shape index (κ2) is 5.10. The number of aromatic nitrogens is 4. The number of rotatable bonds is 2. The van der Waals surface area contributed by atoms with Crippen molar-refractivity contribution in [3.8, 4) is 0 Å². The minimum absolute atomic E-state index is 0.467. The Kier molecular flexibility index (Phi) is 3.23. The first kappa shape index (κ1) is 13.3. The van der Waals surface area contributed by atoms with Crippen molar-refractivity contribution in [1.29, 1.82) is 0 Å². The van der Waals surface area contributed by atoms with Crippen LogP contribution in [0.4, 0.5) is 5.82 Å². The molecule has 2 aromatic rings. The highest BCUT2D eigenvalue weighted by molar-refractivity contribution is 6.30. The molecule has 0 bridgehead atoms. The maximum Gasteiger partial charge on any atom is 0.255 e. The molecule has 2 unspecified atom stereocenters. The van der Waals surface area contributed by atoms with Gasteiger partial charge in [0.2, 0.25) is 0 Å². The molecule has 6 nitrogen and oxygen atoms in total. The second-order valence-corrected chi connectivity index (χ2v) is 6.40. The van der Waals surface area contributed by atoms with E-state index in [4.69, 9.17) is 11.6 Å². The molecule has 2 aliphatic heterocycles. The largest absolute Gasteiger partial charge is 0.367 e. The number of nitrogens with zero attached hydrogens (tertiary/aromatic N) is 5. The first-order valence-electron chi connectivity index (χ1n) is 7.59. The van der Waals surface area contributed by atoms with Gasteiger partial charge in [0.25, 0.3) is 5.78 Å². The normalized spacial score (nSPS) is 26.2. The van der Waals surface area contributed by atoms with Crippen LogP contribution in [0.3, 0.4) is 0 Å². The second-order valence-electron chi connectivity index (χ2n) is 6.05. The number of nitrogens with one attached hydrogen (secondary N) is 1. The minimum atomic E-state index is 0.467. The predicted octanol–water partition coefficient (Wildman–Crippen LogP) is 2.12. The lowest BCUT2D eigenvalue weighted by molar-refractivity contribution is 0.188. The van der Waals surface area contributed by atoms with Crippen molar-refractivity contribution in [2.24, 2.45) is 0 Å². The van der Waals surface area contributed by atoms with Crippen LogP contribution >= 0.6 is 11.6 Å². The molecule has 1 N–H and O–H groups in total. The van der Waals surface area contributed by atoms with Crippen LogP contribution in [-0.2, 0) is 0 Å². The van der Waals surface area contributed by atoms with Crippen LogP contribution in [0.25, 0.3) is 5.78 Å². The molecule has 2 fully saturated rings. The molecule has 2 aliphatic rings. The Morgan fingerprint density at radius 1 is 1.33 bits per heavy atom. The van der Waals surface area contributed by atoms with Gasteiger partial charge in [-0.1, -0.05) is 11.6 Å². The number of halogens is 1. The number of hydrogen-bond donors (Lipinski definition) is 1. The summed E-state index contributed by atoms with van der Waals surface area (Å²) in [4.78, 5) is 11.0. The Hall–Kier alpha value is -1.40. The molecule has 4 rings (SSSR count). The number of fused-ring (bicyclic) bond motifs is 2. The SMILES string of the molecule is Cc1c(Cl)nc2ncnn2c1NC1CCN2CCCC2C1. The monoisotopic (exact) mass is 306 g/mol. The highest BCUT2D eigenvalue weighted by Gasteiger charge is 2.32. The highest BCUT2D eigenvalue weighted by atomic mass is 35.5. The topological polar surface area (TPSA) is 58.4 Å². The summed E-state index contributed by atoms with van der Waals surface area (Å²) in [6.45, 7) is 4.43. The molecule has 2 saturated heterocycles. The third-order valence-corrected chi connectivity index (χ3v) is 5.13. The summed E-state index contributed by atoms with van der Waals surface area (Å²) in [6.07, 6.45) is 6.53. The van der Waals surface area contributed by atoms with E-state index in [0.717, 1.165) is 23.8 Å². The Morgan fingerprint density at radius 2 is 2.24 bits per heavy atom. The van der Waals surface area contributed by atoms with Crippen LogP contribution in [0.2, 0.25) is 5.15 Å². The first-order valence-corrected chi connectivity index (χ1v) is 7.96. The smallest absolute Gasteiger partial charge is 0.255 e. The van der Waals surface area contributed by atoms with Gasteiger partial charge in [0.05, 0.1) is 0 Å². The number of hydrogen-bond acceptors (Lipinski definition) is 5. The van der Waals surface area contributed by atoms with E-state index in [0.29, 0.717) is 17.0 Å². The van der Waals surface area contributed by atoms with E-state index in [1.54, 1.807) is 4.52 Å². The zero-order valence-electron chi connectivity index (χ0n) is 12.1. The Bertz CT molecular complexity index is 669. The van der Waals surface area contributed by atoms with Gasteiger partial charge in [-0.2, -0.15) is 19.6 Å². The van der Waals surface area contributed by atoms with Crippen molar-refractivity contribution in [3.63, 3.8) is 0 Å². The van der Waals surface area contributed by atoms with Gasteiger partial charge in [-0.15, -0.1) is 0 Å². The van der Waals surface area contributed by atoms with Crippen molar-refractivity contribution < 1.29 is 0 Å². The molecule has 0 aromatic carbocycles. The third kappa shape index (κ3) is 2.26. The Balaban J connectivity index is 1.62. The molecule has 112 valence electrons. The van der Waals surface area contributed by atoms with Crippen LogP contribution < -0.4 is 5.32 Å². The summed E-state index contributed by atoms with van der Waals surface area (Å²) >= 11 is 6.22. The fourth-order valence-corrected chi connectivity index (χ4v) is 3.78. The van der Waals surface area contributed by atoms with Crippen LogP contribution in [0, 0.1) is 6.92 Å². The number of anilines is 1. The zero-order chi connectivity index (χ0) is 14.4. The average molecular weight is 307 g/mol. The van der Waals surface area contributed by atoms with E-state index in [1.165, 1.54) is 38.7 Å². The molecule has 7 heteroatoms. The lowest BCUT2D eigenvalue weighted by Crippen LogP contribution is -2.43. The van der Waals surface area contributed by atoms with E-state index in [-0.39, 0.29) is 0 Å². The number of piperidine rings is 1. The Labute approximate surface area is 128 Å². The lowest BCUT2D eigenvalue weighted by Gasteiger charge is -2.35. The van der Waals surface area contributed by atoms with E-state index >= 15 is 0 Å². The van der Waals surface area contributed by atoms with Gasteiger partial charge in [0.1, 0.15) is 17.3 Å². The zero-order valence-corrected chi connectivity index (χ0v) is 12.8. The lowest BCUT2D eigenvalue weighted by atomic mass is 9.97. The molecule has 2 aromatic heterocycles. The van der Waals surface area contributed by atoms with E-state index in [1.807, 2.05) is 6.92 Å². The Morgan fingerprint density at radius 3 is 3.14 bits per heavy atom. The van der Waals surface area contributed by atoms with Crippen LogP contribution in [0.1, 0.15) is 31.2 Å². The van der Waals surface area contributed by atoms with Crippen molar-refractivity contribution >= 4 is 23.2 Å². The summed E-state index contributed by atoms with van der Waals surface area (Å²) in [5.74, 6) is 1.48. The molecule has 0 aliphatic carbocycles. The van der Waals surface area contributed by atoms with Crippen LogP contribution in [-0.4, -0.2) is 49.7 Å². The molecular weight excluding hydrogens is 288 g/mol. The highest BCUT2D eigenvalue weighted by Crippen LogP contribution is 2.30. The molecule has 0 saturated carbocycles. The molecule has 21 heavy (non-hydrogen) atoms. The first-order chi connectivity index (χ1) is 10.2. The molecule has 0 radical (unpaired) electrons. The molecule has 4 heterocycles. The summed E-state index contributed by atoms with van der Waals surface area (Å²) < 4.78 is 1.75. The summed E-state index contributed by atoms with van der Waals surface area (Å²) in [7, 11) is 0.